The summed E-state index contributed by atoms with van der Waals surface area (Å²) in [5.41, 5.74) is 0.763. The molecule has 4 nitrogen and oxygen atoms in total. The Morgan fingerprint density at radius 1 is 1.50 bits per heavy atom. The standard InChI is InChI=1S/C13H17BrN2O2/c14-10-2-1-3-11(6-10)16-13(18)8-15-7-12(17)9-4-5-9/h1-3,6,9,12,15,17H,4-5,7-8H2,(H,16,18). The molecule has 1 aromatic rings. The lowest BCUT2D eigenvalue weighted by atomic mass is 10.2. The van der Waals surface area contributed by atoms with E-state index in [1.54, 1.807) is 0 Å². The van der Waals surface area contributed by atoms with Crippen LogP contribution in [0, 0.1) is 5.92 Å². The third-order valence-electron chi connectivity index (χ3n) is 2.91. The van der Waals surface area contributed by atoms with Crippen molar-refractivity contribution < 1.29 is 9.90 Å². The molecular weight excluding hydrogens is 296 g/mol. The number of carbonyl (C=O) groups excluding carboxylic acids is 1. The Morgan fingerprint density at radius 3 is 2.94 bits per heavy atom. The van der Waals surface area contributed by atoms with Gasteiger partial charge in [0.05, 0.1) is 12.6 Å². The first-order valence-electron chi connectivity index (χ1n) is 6.09. The van der Waals surface area contributed by atoms with Crippen molar-refractivity contribution in [2.24, 2.45) is 5.92 Å². The Kier molecular flexibility index (Phi) is 4.74. The van der Waals surface area contributed by atoms with Crippen molar-refractivity contribution in [3.63, 3.8) is 0 Å². The third-order valence-corrected chi connectivity index (χ3v) is 3.41. The van der Waals surface area contributed by atoms with Gasteiger partial charge in [0.15, 0.2) is 0 Å². The van der Waals surface area contributed by atoms with Crippen LogP contribution in [0.5, 0.6) is 0 Å². The van der Waals surface area contributed by atoms with E-state index in [-0.39, 0.29) is 18.6 Å². The number of rotatable bonds is 6. The molecule has 1 amide bonds. The molecule has 1 aromatic carbocycles. The number of halogens is 1. The molecule has 3 N–H and O–H groups in total. The van der Waals surface area contributed by atoms with E-state index < -0.39 is 0 Å². The molecule has 0 aromatic heterocycles. The van der Waals surface area contributed by atoms with Crippen molar-refractivity contribution in [3.8, 4) is 0 Å². The van der Waals surface area contributed by atoms with Gasteiger partial charge in [-0.05, 0) is 37.0 Å². The smallest absolute Gasteiger partial charge is 0.238 e. The fourth-order valence-electron chi connectivity index (χ4n) is 1.75. The predicted molar refractivity (Wildman–Crippen MR) is 74.4 cm³/mol. The monoisotopic (exact) mass is 312 g/mol. The Bertz CT molecular complexity index is 421. The lowest BCUT2D eigenvalue weighted by Crippen LogP contribution is -2.34. The summed E-state index contributed by atoms with van der Waals surface area (Å²) < 4.78 is 0.928. The van der Waals surface area contributed by atoms with Gasteiger partial charge in [-0.3, -0.25) is 4.79 Å². The van der Waals surface area contributed by atoms with Crippen LogP contribution in [-0.4, -0.2) is 30.2 Å². The Hall–Kier alpha value is -0.910. The Morgan fingerprint density at radius 2 is 2.28 bits per heavy atom. The number of carbonyl (C=O) groups is 1. The lowest BCUT2D eigenvalue weighted by Gasteiger charge is -2.10. The largest absolute Gasteiger partial charge is 0.392 e. The van der Waals surface area contributed by atoms with Gasteiger partial charge in [-0.25, -0.2) is 0 Å². The van der Waals surface area contributed by atoms with Gasteiger partial charge in [-0.1, -0.05) is 22.0 Å². The summed E-state index contributed by atoms with van der Waals surface area (Å²) in [6, 6.07) is 7.45. The molecule has 1 unspecified atom stereocenters. The first-order chi connectivity index (χ1) is 8.65. The molecule has 1 saturated carbocycles. The zero-order valence-electron chi connectivity index (χ0n) is 10.0. The van der Waals surface area contributed by atoms with Gasteiger partial charge >= 0.3 is 0 Å². The SMILES string of the molecule is O=C(CNCC(O)C1CC1)Nc1cccc(Br)c1. The van der Waals surface area contributed by atoms with E-state index in [2.05, 4.69) is 26.6 Å². The Balaban J connectivity index is 1.68. The highest BCUT2D eigenvalue weighted by Crippen LogP contribution is 2.32. The number of benzene rings is 1. The van der Waals surface area contributed by atoms with Crippen molar-refractivity contribution in [2.45, 2.75) is 18.9 Å². The molecule has 18 heavy (non-hydrogen) atoms. The normalized spacial score (nSPS) is 16.3. The van der Waals surface area contributed by atoms with E-state index in [1.165, 1.54) is 0 Å². The first-order valence-corrected chi connectivity index (χ1v) is 6.88. The highest BCUT2D eigenvalue weighted by Gasteiger charge is 2.29. The van der Waals surface area contributed by atoms with Crippen LogP contribution >= 0.6 is 15.9 Å². The average Bonchev–Trinajstić information content (AvgIpc) is 3.12. The van der Waals surface area contributed by atoms with Crippen molar-refractivity contribution >= 4 is 27.5 Å². The molecule has 1 aliphatic rings. The van der Waals surface area contributed by atoms with Gasteiger partial charge in [-0.15, -0.1) is 0 Å². The molecule has 5 heteroatoms. The van der Waals surface area contributed by atoms with Gasteiger partial charge in [-0.2, -0.15) is 0 Å². The highest BCUT2D eigenvalue weighted by atomic mass is 79.9. The summed E-state index contributed by atoms with van der Waals surface area (Å²) in [6.07, 6.45) is 1.89. The quantitative estimate of drug-likeness (QED) is 0.750. The van der Waals surface area contributed by atoms with Crippen LogP contribution in [0.4, 0.5) is 5.69 Å². The van der Waals surface area contributed by atoms with Gasteiger partial charge in [0, 0.05) is 16.7 Å². The second kappa shape index (κ2) is 6.31. The van der Waals surface area contributed by atoms with Gasteiger partial charge < -0.3 is 15.7 Å². The average molecular weight is 313 g/mol. The van der Waals surface area contributed by atoms with Crippen molar-refractivity contribution in [1.82, 2.24) is 5.32 Å². The van der Waals surface area contributed by atoms with E-state index in [4.69, 9.17) is 0 Å². The van der Waals surface area contributed by atoms with E-state index in [9.17, 15) is 9.90 Å². The topological polar surface area (TPSA) is 61.4 Å². The van der Waals surface area contributed by atoms with Crippen LogP contribution in [0.3, 0.4) is 0 Å². The zero-order chi connectivity index (χ0) is 13.0. The molecule has 0 radical (unpaired) electrons. The molecule has 0 bridgehead atoms. The van der Waals surface area contributed by atoms with E-state index in [0.29, 0.717) is 12.5 Å². The lowest BCUT2D eigenvalue weighted by molar-refractivity contribution is -0.115. The molecular formula is C13H17BrN2O2. The van der Waals surface area contributed by atoms with Crippen molar-refractivity contribution in [1.29, 1.82) is 0 Å². The zero-order valence-corrected chi connectivity index (χ0v) is 11.6. The second-order valence-corrected chi connectivity index (χ2v) is 5.51. The molecule has 0 heterocycles. The van der Waals surface area contributed by atoms with Crippen molar-refractivity contribution in [2.75, 3.05) is 18.4 Å². The molecule has 2 rings (SSSR count). The third kappa shape index (κ3) is 4.40. The minimum atomic E-state index is -0.316. The summed E-state index contributed by atoms with van der Waals surface area (Å²) in [5.74, 6) is 0.335. The summed E-state index contributed by atoms with van der Waals surface area (Å²) >= 11 is 3.35. The highest BCUT2D eigenvalue weighted by molar-refractivity contribution is 9.10. The first kappa shape index (κ1) is 13.5. The molecule has 0 spiro atoms. The molecule has 0 saturated heterocycles. The van der Waals surface area contributed by atoms with Gasteiger partial charge in [0.2, 0.25) is 5.91 Å². The number of anilines is 1. The second-order valence-electron chi connectivity index (χ2n) is 4.59. The maximum atomic E-state index is 11.6. The minimum absolute atomic E-state index is 0.101. The molecule has 1 aliphatic carbocycles. The predicted octanol–water partition coefficient (Wildman–Crippen LogP) is 1.75. The van der Waals surface area contributed by atoms with Crippen molar-refractivity contribution in [3.05, 3.63) is 28.7 Å². The van der Waals surface area contributed by atoms with Crippen LogP contribution in [0.2, 0.25) is 0 Å². The summed E-state index contributed by atoms with van der Waals surface area (Å²) in [6.45, 7) is 0.701. The molecule has 0 aliphatic heterocycles. The van der Waals surface area contributed by atoms with E-state index in [0.717, 1.165) is 23.0 Å². The maximum Gasteiger partial charge on any atom is 0.238 e. The number of aliphatic hydroxyl groups excluding tert-OH is 1. The molecule has 98 valence electrons. The van der Waals surface area contributed by atoms with Gasteiger partial charge in [0.1, 0.15) is 0 Å². The number of nitrogens with one attached hydrogen (secondary N) is 2. The van der Waals surface area contributed by atoms with E-state index >= 15 is 0 Å². The van der Waals surface area contributed by atoms with Crippen LogP contribution in [0.25, 0.3) is 0 Å². The minimum Gasteiger partial charge on any atom is -0.392 e. The number of hydrogen-bond donors (Lipinski definition) is 3. The Labute approximate surface area is 115 Å². The summed E-state index contributed by atoms with van der Waals surface area (Å²) in [7, 11) is 0. The number of hydrogen-bond acceptors (Lipinski definition) is 3. The fourth-order valence-corrected chi connectivity index (χ4v) is 2.15. The van der Waals surface area contributed by atoms with Gasteiger partial charge in [0.25, 0.3) is 0 Å². The molecule has 1 fully saturated rings. The van der Waals surface area contributed by atoms with E-state index in [1.807, 2.05) is 24.3 Å². The van der Waals surface area contributed by atoms with Crippen LogP contribution in [0.15, 0.2) is 28.7 Å². The molecule has 1 atom stereocenters. The van der Waals surface area contributed by atoms with Crippen LogP contribution in [0.1, 0.15) is 12.8 Å². The summed E-state index contributed by atoms with van der Waals surface area (Å²) in [5, 5.41) is 15.4. The number of aliphatic hydroxyl groups is 1. The maximum absolute atomic E-state index is 11.6. The number of amides is 1. The summed E-state index contributed by atoms with van der Waals surface area (Å²) in [4.78, 5) is 11.6. The van der Waals surface area contributed by atoms with Crippen LogP contribution < -0.4 is 10.6 Å². The van der Waals surface area contributed by atoms with Crippen LogP contribution in [-0.2, 0) is 4.79 Å². The fraction of sp³-hybridized carbons (Fsp3) is 0.462.